The van der Waals surface area contributed by atoms with Gasteiger partial charge in [-0.1, -0.05) is 0 Å². The molecule has 1 amide bonds. The largest absolute Gasteiger partial charge is 0.389 e. The highest BCUT2D eigenvalue weighted by Gasteiger charge is 2.47. The third-order valence-corrected chi connectivity index (χ3v) is 5.70. The van der Waals surface area contributed by atoms with Gasteiger partial charge in [-0.25, -0.2) is 0 Å². The van der Waals surface area contributed by atoms with Crippen molar-refractivity contribution in [2.24, 2.45) is 16.8 Å². The summed E-state index contributed by atoms with van der Waals surface area (Å²) in [6, 6.07) is 0. The smallest absolute Gasteiger partial charge is 0.312 e. The van der Waals surface area contributed by atoms with Crippen LogP contribution >= 0.6 is 0 Å². The predicted molar refractivity (Wildman–Crippen MR) is 96.1 cm³/mol. The quantitative estimate of drug-likeness (QED) is 0.798. The normalized spacial score (nSPS) is 29.7. The highest BCUT2D eigenvalue weighted by molar-refractivity contribution is 6.09. The van der Waals surface area contributed by atoms with Crippen molar-refractivity contribution in [3.05, 3.63) is 0 Å². The summed E-state index contributed by atoms with van der Waals surface area (Å²) >= 11 is 0. The number of nitrogens with one attached hydrogen (secondary N) is 1. The number of alkyl halides is 3. The molecule has 0 atom stereocenters. The van der Waals surface area contributed by atoms with E-state index >= 15 is 0 Å². The maximum atomic E-state index is 12.6. The second kappa shape index (κ2) is 7.35. The van der Waals surface area contributed by atoms with Crippen molar-refractivity contribution in [3.8, 4) is 0 Å². The van der Waals surface area contributed by atoms with Crippen molar-refractivity contribution in [3.63, 3.8) is 0 Å². The second-order valence-corrected chi connectivity index (χ2v) is 9.15. The van der Waals surface area contributed by atoms with Crippen LogP contribution in [-0.2, 0) is 9.63 Å². The Bertz CT molecular complexity index is 582. The molecule has 8 heteroatoms. The zero-order chi connectivity index (χ0) is 19.9. The van der Waals surface area contributed by atoms with Crippen LogP contribution < -0.4 is 5.32 Å². The topological polar surface area (TPSA) is 53.9 Å². The van der Waals surface area contributed by atoms with E-state index in [0.29, 0.717) is 57.5 Å². The van der Waals surface area contributed by atoms with Gasteiger partial charge in [-0.15, -0.1) is 0 Å². The molecule has 0 aromatic rings. The molecule has 2 aliphatic heterocycles. The molecule has 154 valence electrons. The molecule has 3 aliphatic rings. The van der Waals surface area contributed by atoms with Gasteiger partial charge in [-0.3, -0.25) is 14.6 Å². The van der Waals surface area contributed by atoms with E-state index in [1.54, 1.807) is 0 Å². The molecule has 1 N–H and O–H groups in total. The zero-order valence-electron chi connectivity index (χ0n) is 16.4. The summed E-state index contributed by atoms with van der Waals surface area (Å²) in [6.45, 7) is 7.25. The fourth-order valence-corrected chi connectivity index (χ4v) is 4.38. The molecule has 27 heavy (non-hydrogen) atoms. The Kier molecular flexibility index (Phi) is 5.60. The summed E-state index contributed by atoms with van der Waals surface area (Å²) in [7, 11) is 0. The number of rotatable bonds is 3. The van der Waals surface area contributed by atoms with Gasteiger partial charge in [-0.2, -0.15) is 18.2 Å². The first-order valence-electron chi connectivity index (χ1n) is 9.88. The average Bonchev–Trinajstić information content (AvgIpc) is 2.84. The van der Waals surface area contributed by atoms with Crippen molar-refractivity contribution in [2.75, 3.05) is 13.1 Å². The lowest BCUT2D eigenvalue weighted by molar-refractivity contribution is -0.238. The molecule has 1 saturated carbocycles. The minimum absolute atomic E-state index is 0.0645. The lowest BCUT2D eigenvalue weighted by Gasteiger charge is -2.37. The van der Waals surface area contributed by atoms with E-state index in [-0.39, 0.29) is 23.3 Å². The number of carbonyl (C=O) groups excluding carboxylic acids is 1. The Morgan fingerprint density at radius 1 is 1.15 bits per heavy atom. The summed E-state index contributed by atoms with van der Waals surface area (Å²) in [5, 5.41) is 4.84. The predicted octanol–water partition coefficient (Wildman–Crippen LogP) is 3.84. The molecule has 0 unspecified atom stereocenters. The van der Waals surface area contributed by atoms with Crippen molar-refractivity contribution < 1.29 is 22.8 Å². The van der Waals surface area contributed by atoms with E-state index in [9.17, 15) is 18.0 Å². The molecule has 3 rings (SSSR count). The summed E-state index contributed by atoms with van der Waals surface area (Å²) in [6.07, 6.45) is -1.19. The van der Waals surface area contributed by atoms with E-state index < -0.39 is 18.1 Å². The molecule has 1 aliphatic carbocycles. The molecule has 0 radical (unpaired) electrons. The third kappa shape index (κ3) is 5.22. The summed E-state index contributed by atoms with van der Waals surface area (Å²) in [5.74, 6) is 0.397. The first-order chi connectivity index (χ1) is 12.5. The molecule has 2 heterocycles. The van der Waals surface area contributed by atoms with Crippen LogP contribution in [0.3, 0.4) is 0 Å². The van der Waals surface area contributed by atoms with E-state index in [0.717, 1.165) is 0 Å². The number of carbonyl (C=O) groups is 1. The van der Waals surface area contributed by atoms with Crippen molar-refractivity contribution in [1.82, 2.24) is 10.4 Å². The van der Waals surface area contributed by atoms with Crippen LogP contribution in [0.15, 0.2) is 4.99 Å². The maximum absolute atomic E-state index is 12.6. The standard InChI is InChI=1S/C19H30F3N3O2/c1-17(2,3)27-25-10-8-18(9-11-25)16(26)23-15(24-18)14-6-4-13(5-7-14)12-19(20,21)22/h13-14H,4-12H2,1-3H3,(H,23,24,26). The molecule has 1 spiro atoms. The van der Waals surface area contributed by atoms with Crippen molar-refractivity contribution in [1.29, 1.82) is 0 Å². The van der Waals surface area contributed by atoms with Crippen molar-refractivity contribution in [2.45, 2.75) is 83.0 Å². The number of piperidine rings is 1. The van der Waals surface area contributed by atoms with Gasteiger partial charge in [0.2, 0.25) is 0 Å². The lowest BCUT2D eigenvalue weighted by Crippen LogP contribution is -2.50. The number of hydrogen-bond acceptors (Lipinski definition) is 4. The van der Waals surface area contributed by atoms with Gasteiger partial charge in [0, 0.05) is 25.4 Å². The van der Waals surface area contributed by atoms with Gasteiger partial charge < -0.3 is 5.32 Å². The Morgan fingerprint density at radius 2 is 1.74 bits per heavy atom. The first kappa shape index (κ1) is 20.6. The van der Waals surface area contributed by atoms with Gasteiger partial charge >= 0.3 is 6.18 Å². The molecule has 2 fully saturated rings. The van der Waals surface area contributed by atoms with Gasteiger partial charge in [-0.05, 0) is 65.2 Å². The fraction of sp³-hybridized carbons (Fsp3) is 0.895. The van der Waals surface area contributed by atoms with E-state index in [4.69, 9.17) is 9.83 Å². The SMILES string of the molecule is CC(C)(C)ON1CCC2(CC1)N=C(C1CCC(CC(F)(F)F)CC1)NC2=O. The summed E-state index contributed by atoms with van der Waals surface area (Å²) < 4.78 is 37.7. The monoisotopic (exact) mass is 389 g/mol. The second-order valence-electron chi connectivity index (χ2n) is 9.15. The molecule has 0 aromatic carbocycles. The Labute approximate surface area is 158 Å². The Hall–Kier alpha value is -1.15. The number of hydroxylamine groups is 2. The van der Waals surface area contributed by atoms with Crippen LogP contribution in [0, 0.1) is 11.8 Å². The number of aliphatic imine (C=N–C) groups is 1. The number of amidine groups is 1. The molecule has 1 saturated heterocycles. The van der Waals surface area contributed by atoms with Gasteiger partial charge in [0.15, 0.2) is 0 Å². The van der Waals surface area contributed by atoms with Crippen molar-refractivity contribution >= 4 is 11.7 Å². The van der Waals surface area contributed by atoms with E-state index in [2.05, 4.69) is 5.32 Å². The minimum Gasteiger partial charge on any atom is -0.312 e. The van der Waals surface area contributed by atoms with Crippen LogP contribution in [-0.4, -0.2) is 47.2 Å². The Balaban J connectivity index is 1.56. The number of halogens is 3. The van der Waals surface area contributed by atoms with Crippen LogP contribution in [0.1, 0.15) is 65.7 Å². The average molecular weight is 389 g/mol. The van der Waals surface area contributed by atoms with Crippen LogP contribution in [0.25, 0.3) is 0 Å². The van der Waals surface area contributed by atoms with E-state index in [1.807, 2.05) is 25.8 Å². The zero-order valence-corrected chi connectivity index (χ0v) is 16.4. The molecular weight excluding hydrogens is 359 g/mol. The van der Waals surface area contributed by atoms with Crippen LogP contribution in [0.4, 0.5) is 13.2 Å². The fourth-order valence-electron chi connectivity index (χ4n) is 4.38. The van der Waals surface area contributed by atoms with Gasteiger partial charge in [0.25, 0.3) is 5.91 Å². The molecule has 5 nitrogen and oxygen atoms in total. The first-order valence-corrected chi connectivity index (χ1v) is 9.88. The van der Waals surface area contributed by atoms with Crippen LogP contribution in [0.2, 0.25) is 0 Å². The molecule has 0 aromatic heterocycles. The summed E-state index contributed by atoms with van der Waals surface area (Å²) in [5.41, 5.74) is -0.998. The number of amides is 1. The highest BCUT2D eigenvalue weighted by Crippen LogP contribution is 2.39. The third-order valence-electron chi connectivity index (χ3n) is 5.70. The Morgan fingerprint density at radius 3 is 2.26 bits per heavy atom. The van der Waals surface area contributed by atoms with Gasteiger partial charge in [0.05, 0.1) is 5.60 Å². The minimum atomic E-state index is -4.09. The number of nitrogens with zero attached hydrogens (tertiary/aromatic N) is 2. The summed E-state index contributed by atoms with van der Waals surface area (Å²) in [4.78, 5) is 23.3. The molecular formula is C19H30F3N3O2. The number of hydrogen-bond donors (Lipinski definition) is 1. The lowest BCUT2D eigenvalue weighted by atomic mass is 9.80. The van der Waals surface area contributed by atoms with E-state index in [1.165, 1.54) is 0 Å². The van der Waals surface area contributed by atoms with Crippen LogP contribution in [0.5, 0.6) is 0 Å². The maximum Gasteiger partial charge on any atom is 0.389 e. The van der Waals surface area contributed by atoms with Gasteiger partial charge in [0.1, 0.15) is 11.4 Å². The highest BCUT2D eigenvalue weighted by atomic mass is 19.4. The molecule has 0 bridgehead atoms.